The largest absolute Gasteiger partial charge is 0.309 e. The maximum Gasteiger partial charge on any atom is 0.188 e. The van der Waals surface area contributed by atoms with E-state index >= 15 is 0 Å². The molecule has 0 saturated heterocycles. The lowest BCUT2D eigenvalue weighted by atomic mass is 9.73. The van der Waals surface area contributed by atoms with E-state index < -0.39 is 0 Å². The van der Waals surface area contributed by atoms with E-state index in [1.54, 1.807) is 12.1 Å². The fourth-order valence-electron chi connectivity index (χ4n) is 3.81. The van der Waals surface area contributed by atoms with Crippen LogP contribution in [0.5, 0.6) is 0 Å². The van der Waals surface area contributed by atoms with Crippen molar-refractivity contribution in [2.45, 2.75) is 19.3 Å². The molecule has 3 aromatic carbocycles. The molecule has 1 aliphatic heterocycles. The zero-order valence-electron chi connectivity index (χ0n) is 14.7. The lowest BCUT2D eigenvalue weighted by Gasteiger charge is -2.42. The monoisotopic (exact) mass is 335 g/mol. The van der Waals surface area contributed by atoms with E-state index in [9.17, 15) is 5.26 Å². The third-order valence-corrected chi connectivity index (χ3v) is 5.11. The summed E-state index contributed by atoms with van der Waals surface area (Å²) in [6.45, 7) is 11.7. The van der Waals surface area contributed by atoms with Crippen molar-refractivity contribution in [2.75, 3.05) is 4.90 Å². The molecule has 0 saturated carbocycles. The van der Waals surface area contributed by atoms with Gasteiger partial charge < -0.3 is 4.90 Å². The van der Waals surface area contributed by atoms with Crippen molar-refractivity contribution in [3.63, 3.8) is 0 Å². The predicted octanol–water partition coefficient (Wildman–Crippen LogP) is 6.22. The van der Waals surface area contributed by atoms with E-state index in [0.717, 1.165) is 17.1 Å². The van der Waals surface area contributed by atoms with Crippen molar-refractivity contribution in [3.05, 3.63) is 94.8 Å². The number of hydrogen-bond acceptors (Lipinski definition) is 2. The second kappa shape index (κ2) is 5.76. The first kappa shape index (κ1) is 15.9. The summed E-state index contributed by atoms with van der Waals surface area (Å²) in [6, 6.07) is 24.2. The number of benzene rings is 3. The summed E-state index contributed by atoms with van der Waals surface area (Å²) in [7, 11) is 0. The van der Waals surface area contributed by atoms with Gasteiger partial charge >= 0.3 is 0 Å². The molecule has 3 aromatic rings. The van der Waals surface area contributed by atoms with E-state index in [1.807, 2.05) is 18.2 Å². The van der Waals surface area contributed by atoms with Gasteiger partial charge in [0.1, 0.15) is 0 Å². The molecule has 0 N–H and O–H groups in total. The third-order valence-electron chi connectivity index (χ3n) is 5.11. The SMILES string of the molecule is [C-]#[N+]c1ccc(N2c3ccccc3C(C)(C)c3ccccc32)c(C#N)c1. The van der Waals surface area contributed by atoms with Crippen molar-refractivity contribution in [2.24, 2.45) is 0 Å². The first-order valence-electron chi connectivity index (χ1n) is 8.48. The van der Waals surface area contributed by atoms with Gasteiger partial charge in [0.05, 0.1) is 35.3 Å². The molecule has 0 fully saturated rings. The van der Waals surface area contributed by atoms with Gasteiger partial charge in [-0.15, -0.1) is 0 Å². The van der Waals surface area contributed by atoms with Gasteiger partial charge in [0.2, 0.25) is 0 Å². The van der Waals surface area contributed by atoms with Crippen LogP contribution in [0.4, 0.5) is 22.7 Å². The lowest BCUT2D eigenvalue weighted by Crippen LogP contribution is -2.30. The van der Waals surface area contributed by atoms with Gasteiger partial charge in [0.15, 0.2) is 5.69 Å². The second-order valence-corrected chi connectivity index (χ2v) is 6.92. The van der Waals surface area contributed by atoms with Crippen LogP contribution in [0.1, 0.15) is 30.5 Å². The fourth-order valence-corrected chi connectivity index (χ4v) is 3.81. The van der Waals surface area contributed by atoms with Gasteiger partial charge in [0, 0.05) is 5.41 Å². The zero-order chi connectivity index (χ0) is 18.3. The molecular formula is C23H17N3. The third kappa shape index (κ3) is 2.19. The Morgan fingerprint density at radius 3 is 2.00 bits per heavy atom. The highest BCUT2D eigenvalue weighted by atomic mass is 15.2. The quantitative estimate of drug-likeness (QED) is 0.494. The highest BCUT2D eigenvalue weighted by molar-refractivity contribution is 5.88. The molecular weight excluding hydrogens is 318 g/mol. The van der Waals surface area contributed by atoms with Crippen molar-refractivity contribution >= 4 is 22.7 Å². The molecule has 0 amide bonds. The minimum Gasteiger partial charge on any atom is -0.309 e. The number of anilines is 3. The smallest absolute Gasteiger partial charge is 0.188 e. The van der Waals surface area contributed by atoms with Crippen LogP contribution < -0.4 is 4.90 Å². The number of para-hydroxylation sites is 2. The summed E-state index contributed by atoms with van der Waals surface area (Å²) in [6.07, 6.45) is 0. The van der Waals surface area contributed by atoms with Crippen LogP contribution in [0, 0.1) is 17.9 Å². The van der Waals surface area contributed by atoms with Crippen molar-refractivity contribution in [1.82, 2.24) is 0 Å². The summed E-state index contributed by atoms with van der Waals surface area (Å²) < 4.78 is 0. The minimum absolute atomic E-state index is 0.132. The molecule has 3 heteroatoms. The van der Waals surface area contributed by atoms with Gasteiger partial charge in [-0.2, -0.15) is 5.26 Å². The minimum atomic E-state index is -0.132. The van der Waals surface area contributed by atoms with E-state index in [4.69, 9.17) is 6.57 Å². The van der Waals surface area contributed by atoms with E-state index in [1.165, 1.54) is 11.1 Å². The highest BCUT2D eigenvalue weighted by Gasteiger charge is 2.36. The number of nitriles is 1. The number of nitrogens with zero attached hydrogens (tertiary/aromatic N) is 3. The Labute approximate surface area is 153 Å². The average molecular weight is 335 g/mol. The van der Waals surface area contributed by atoms with E-state index in [-0.39, 0.29) is 5.41 Å². The van der Waals surface area contributed by atoms with Gasteiger partial charge in [-0.25, -0.2) is 4.85 Å². The maximum atomic E-state index is 9.69. The van der Waals surface area contributed by atoms with E-state index in [2.05, 4.69) is 66.1 Å². The van der Waals surface area contributed by atoms with Crippen LogP contribution in [-0.4, -0.2) is 0 Å². The van der Waals surface area contributed by atoms with Crippen LogP contribution in [-0.2, 0) is 5.41 Å². The Morgan fingerprint density at radius 2 is 1.46 bits per heavy atom. The summed E-state index contributed by atoms with van der Waals surface area (Å²) in [5.41, 5.74) is 6.23. The summed E-state index contributed by atoms with van der Waals surface area (Å²) >= 11 is 0. The first-order chi connectivity index (χ1) is 12.6. The lowest BCUT2D eigenvalue weighted by molar-refractivity contribution is 0.632. The maximum absolute atomic E-state index is 9.69. The Balaban J connectivity index is 2.06. The van der Waals surface area contributed by atoms with Crippen LogP contribution >= 0.6 is 0 Å². The van der Waals surface area contributed by atoms with Crippen LogP contribution in [0.25, 0.3) is 4.85 Å². The molecule has 4 rings (SSSR count). The number of fused-ring (bicyclic) bond motifs is 2. The first-order valence-corrected chi connectivity index (χ1v) is 8.48. The normalized spacial score (nSPS) is 13.9. The molecule has 0 radical (unpaired) electrons. The summed E-state index contributed by atoms with van der Waals surface area (Å²) in [5, 5.41) is 9.69. The Morgan fingerprint density at radius 1 is 0.885 bits per heavy atom. The van der Waals surface area contributed by atoms with Gasteiger partial charge in [-0.1, -0.05) is 56.3 Å². The van der Waals surface area contributed by atoms with Gasteiger partial charge in [0.25, 0.3) is 0 Å². The molecule has 0 spiro atoms. The molecule has 0 aliphatic carbocycles. The molecule has 3 nitrogen and oxygen atoms in total. The van der Waals surface area contributed by atoms with Gasteiger partial charge in [-0.3, -0.25) is 0 Å². The van der Waals surface area contributed by atoms with Crippen LogP contribution in [0.3, 0.4) is 0 Å². The molecule has 0 atom stereocenters. The average Bonchev–Trinajstić information content (AvgIpc) is 2.68. The van der Waals surface area contributed by atoms with Crippen molar-refractivity contribution < 1.29 is 0 Å². The molecule has 1 aliphatic rings. The number of rotatable bonds is 1. The topological polar surface area (TPSA) is 31.4 Å². The van der Waals surface area contributed by atoms with Crippen LogP contribution in [0.2, 0.25) is 0 Å². The molecule has 0 aromatic heterocycles. The summed E-state index contributed by atoms with van der Waals surface area (Å²) in [5.74, 6) is 0. The second-order valence-electron chi connectivity index (χ2n) is 6.92. The molecule has 0 bridgehead atoms. The standard InChI is InChI=1S/C23H17N3/c1-23(2)18-8-4-6-10-21(18)26(22-11-7-5-9-19(22)23)20-13-12-17(25-3)14-16(20)15-24/h4-14H,1-2H3. The Kier molecular flexibility index (Phi) is 3.53. The zero-order valence-corrected chi connectivity index (χ0v) is 14.7. The Bertz CT molecular complexity index is 1050. The molecule has 0 unspecified atom stereocenters. The fraction of sp³-hybridized carbons (Fsp3) is 0.130. The Hall–Kier alpha value is -3.56. The molecule has 1 heterocycles. The predicted molar refractivity (Wildman–Crippen MR) is 104 cm³/mol. The van der Waals surface area contributed by atoms with Gasteiger partial charge in [-0.05, 0) is 35.4 Å². The summed E-state index contributed by atoms with van der Waals surface area (Å²) in [4.78, 5) is 5.60. The van der Waals surface area contributed by atoms with Crippen molar-refractivity contribution in [1.29, 1.82) is 5.26 Å². The van der Waals surface area contributed by atoms with Crippen LogP contribution in [0.15, 0.2) is 66.7 Å². The van der Waals surface area contributed by atoms with Crippen molar-refractivity contribution in [3.8, 4) is 6.07 Å². The molecule has 26 heavy (non-hydrogen) atoms. The van der Waals surface area contributed by atoms with E-state index in [0.29, 0.717) is 11.3 Å². The number of hydrogen-bond donors (Lipinski definition) is 0. The molecule has 124 valence electrons. The highest BCUT2D eigenvalue weighted by Crippen LogP contribution is 2.52.